The van der Waals surface area contributed by atoms with E-state index in [1.165, 1.54) is 19.2 Å². The van der Waals surface area contributed by atoms with Crippen molar-refractivity contribution >= 4 is 16.6 Å². The largest absolute Gasteiger partial charge is 0.507 e. The van der Waals surface area contributed by atoms with E-state index in [1.807, 2.05) is 0 Å². The van der Waals surface area contributed by atoms with Crippen LogP contribution in [0.15, 0.2) is 29.6 Å². The van der Waals surface area contributed by atoms with Crippen LogP contribution < -0.4 is 0 Å². The highest BCUT2D eigenvalue weighted by atomic mass is 16.4. The predicted octanol–water partition coefficient (Wildman–Crippen LogP) is 1.84. The van der Waals surface area contributed by atoms with E-state index in [2.05, 4.69) is 10.1 Å². The summed E-state index contributed by atoms with van der Waals surface area (Å²) >= 11 is 0. The van der Waals surface area contributed by atoms with Gasteiger partial charge in [0.15, 0.2) is 5.75 Å². The topological polar surface area (TPSA) is 85.9 Å². The molecule has 1 heterocycles. The normalized spacial score (nSPS) is 11.9. The minimum absolute atomic E-state index is 0.0149. The van der Waals surface area contributed by atoms with Crippen LogP contribution in [0.3, 0.4) is 0 Å². The first-order valence-corrected chi connectivity index (χ1v) is 4.64. The second-order valence-corrected chi connectivity index (χ2v) is 3.38. The summed E-state index contributed by atoms with van der Waals surface area (Å²) in [4.78, 5) is 3.97. The van der Waals surface area contributed by atoms with Crippen molar-refractivity contribution in [3.8, 4) is 11.5 Å². The number of oxime groups is 1. The maximum Gasteiger partial charge on any atom is 0.151 e. The molecule has 0 amide bonds. The lowest BCUT2D eigenvalue weighted by molar-refractivity contribution is 0.318. The number of pyridine rings is 1. The molecule has 3 N–H and O–H groups in total. The molecule has 2 rings (SSSR count). The van der Waals surface area contributed by atoms with Gasteiger partial charge in [0.25, 0.3) is 0 Å². The Hall–Kier alpha value is -2.30. The zero-order valence-electron chi connectivity index (χ0n) is 8.55. The molecule has 1 aromatic heterocycles. The molecule has 0 fully saturated rings. The minimum atomic E-state index is -0.108. The van der Waals surface area contributed by atoms with E-state index in [-0.39, 0.29) is 28.3 Å². The van der Waals surface area contributed by atoms with E-state index >= 15 is 0 Å². The van der Waals surface area contributed by atoms with Gasteiger partial charge in [0.05, 0.1) is 5.71 Å². The summed E-state index contributed by atoms with van der Waals surface area (Å²) in [5.41, 5.74) is 0.743. The molecule has 0 atom stereocenters. The number of fused-ring (bicyclic) bond motifs is 1. The fourth-order valence-corrected chi connectivity index (χ4v) is 1.54. The maximum atomic E-state index is 9.91. The Morgan fingerprint density at radius 1 is 1.38 bits per heavy atom. The SMILES string of the molecule is C/C(=N\O)c1cc(O)c2cccnc2c1O. The van der Waals surface area contributed by atoms with Crippen molar-refractivity contribution in [2.45, 2.75) is 6.92 Å². The molecule has 0 radical (unpaired) electrons. The molecule has 0 saturated heterocycles. The van der Waals surface area contributed by atoms with Crippen molar-refractivity contribution in [1.29, 1.82) is 0 Å². The van der Waals surface area contributed by atoms with Crippen molar-refractivity contribution in [3.63, 3.8) is 0 Å². The average Bonchev–Trinajstić information content (AvgIpc) is 2.33. The number of phenolic OH excluding ortho intramolecular Hbond substituents is 2. The summed E-state index contributed by atoms with van der Waals surface area (Å²) in [6.07, 6.45) is 1.51. The van der Waals surface area contributed by atoms with Crippen LogP contribution in [0, 0.1) is 0 Å². The van der Waals surface area contributed by atoms with Gasteiger partial charge in [-0.15, -0.1) is 0 Å². The predicted molar refractivity (Wildman–Crippen MR) is 59.1 cm³/mol. The lowest BCUT2D eigenvalue weighted by Crippen LogP contribution is -1.96. The number of aromatic hydroxyl groups is 2. The van der Waals surface area contributed by atoms with Crippen LogP contribution in [0.2, 0.25) is 0 Å². The minimum Gasteiger partial charge on any atom is -0.507 e. The van der Waals surface area contributed by atoms with Crippen LogP contribution in [0.25, 0.3) is 10.9 Å². The first-order valence-electron chi connectivity index (χ1n) is 4.64. The zero-order valence-corrected chi connectivity index (χ0v) is 8.55. The molecule has 82 valence electrons. The molecule has 16 heavy (non-hydrogen) atoms. The molecule has 2 aromatic rings. The van der Waals surface area contributed by atoms with Crippen LogP contribution in [0.5, 0.6) is 11.5 Å². The van der Waals surface area contributed by atoms with Gasteiger partial charge < -0.3 is 15.4 Å². The average molecular weight is 218 g/mol. The third kappa shape index (κ3) is 1.42. The van der Waals surface area contributed by atoms with Gasteiger partial charge in [0.1, 0.15) is 11.3 Å². The number of rotatable bonds is 1. The van der Waals surface area contributed by atoms with Gasteiger partial charge in [-0.25, -0.2) is 0 Å². The van der Waals surface area contributed by atoms with Crippen LogP contribution in [0.4, 0.5) is 0 Å². The Labute approximate surface area is 91.3 Å². The second kappa shape index (κ2) is 3.69. The number of aromatic nitrogens is 1. The first-order chi connectivity index (χ1) is 7.65. The summed E-state index contributed by atoms with van der Waals surface area (Å²) in [5, 5.41) is 31.7. The molecular weight excluding hydrogens is 208 g/mol. The zero-order chi connectivity index (χ0) is 11.7. The molecule has 5 nitrogen and oxygen atoms in total. The molecular formula is C11H10N2O3. The van der Waals surface area contributed by atoms with Crippen molar-refractivity contribution in [2.75, 3.05) is 0 Å². The number of phenols is 2. The summed E-state index contributed by atoms with van der Waals surface area (Å²) in [7, 11) is 0. The van der Waals surface area contributed by atoms with Crippen LogP contribution in [-0.2, 0) is 0 Å². The van der Waals surface area contributed by atoms with Crippen molar-refractivity contribution < 1.29 is 15.4 Å². The van der Waals surface area contributed by atoms with Gasteiger partial charge in [-0.05, 0) is 25.1 Å². The lowest BCUT2D eigenvalue weighted by Gasteiger charge is -2.07. The van der Waals surface area contributed by atoms with E-state index in [1.54, 1.807) is 12.1 Å². The summed E-state index contributed by atoms with van der Waals surface area (Å²) in [5.74, 6) is -0.123. The summed E-state index contributed by atoms with van der Waals surface area (Å²) in [6.45, 7) is 1.52. The molecule has 0 saturated carbocycles. The number of benzene rings is 1. The molecule has 1 aromatic carbocycles. The van der Waals surface area contributed by atoms with Gasteiger partial charge in [-0.2, -0.15) is 0 Å². The van der Waals surface area contributed by atoms with Gasteiger partial charge in [-0.1, -0.05) is 5.16 Å². The third-order valence-electron chi connectivity index (χ3n) is 2.38. The Morgan fingerprint density at radius 2 is 2.12 bits per heavy atom. The summed E-state index contributed by atoms with van der Waals surface area (Å²) in [6, 6.07) is 4.65. The van der Waals surface area contributed by atoms with Crippen LogP contribution in [0.1, 0.15) is 12.5 Å². The lowest BCUT2D eigenvalue weighted by atomic mass is 10.1. The third-order valence-corrected chi connectivity index (χ3v) is 2.38. The van der Waals surface area contributed by atoms with E-state index in [4.69, 9.17) is 5.21 Å². The Bertz CT molecular complexity index is 579. The first kappa shape index (κ1) is 10.2. The Balaban J connectivity index is 2.85. The quantitative estimate of drug-likeness (QED) is 0.295. The molecule has 0 aliphatic heterocycles. The molecule has 0 aliphatic carbocycles. The van der Waals surface area contributed by atoms with Crippen LogP contribution >= 0.6 is 0 Å². The van der Waals surface area contributed by atoms with Gasteiger partial charge >= 0.3 is 0 Å². The fraction of sp³-hybridized carbons (Fsp3) is 0.0909. The maximum absolute atomic E-state index is 9.91. The number of hydrogen-bond acceptors (Lipinski definition) is 5. The monoisotopic (exact) mass is 218 g/mol. The molecule has 5 heteroatoms. The molecule has 0 bridgehead atoms. The van der Waals surface area contributed by atoms with E-state index in [0.29, 0.717) is 5.39 Å². The standard InChI is InChI=1S/C11H10N2O3/c1-6(13-16)8-5-9(14)7-3-2-4-12-10(7)11(8)15/h2-5,14-16H,1H3/b13-6+. The smallest absolute Gasteiger partial charge is 0.151 e. The highest BCUT2D eigenvalue weighted by molar-refractivity contribution is 6.06. The molecule has 0 unspecified atom stereocenters. The molecule has 0 spiro atoms. The van der Waals surface area contributed by atoms with Gasteiger partial charge in [0.2, 0.25) is 0 Å². The van der Waals surface area contributed by atoms with E-state index in [9.17, 15) is 10.2 Å². The van der Waals surface area contributed by atoms with E-state index < -0.39 is 0 Å². The number of nitrogens with zero attached hydrogens (tertiary/aromatic N) is 2. The Morgan fingerprint density at radius 3 is 2.81 bits per heavy atom. The van der Waals surface area contributed by atoms with Gasteiger partial charge in [0, 0.05) is 17.1 Å². The fourth-order valence-electron chi connectivity index (χ4n) is 1.54. The number of hydrogen-bond donors (Lipinski definition) is 3. The highest BCUT2D eigenvalue weighted by Gasteiger charge is 2.13. The second-order valence-electron chi connectivity index (χ2n) is 3.38. The van der Waals surface area contributed by atoms with Crippen molar-refractivity contribution in [3.05, 3.63) is 30.0 Å². The van der Waals surface area contributed by atoms with E-state index in [0.717, 1.165) is 0 Å². The molecule has 0 aliphatic rings. The Kier molecular flexibility index (Phi) is 2.36. The van der Waals surface area contributed by atoms with Crippen molar-refractivity contribution in [1.82, 2.24) is 4.98 Å². The van der Waals surface area contributed by atoms with Crippen LogP contribution in [-0.4, -0.2) is 26.1 Å². The van der Waals surface area contributed by atoms with Gasteiger partial charge in [-0.3, -0.25) is 4.98 Å². The highest BCUT2D eigenvalue weighted by Crippen LogP contribution is 2.33. The van der Waals surface area contributed by atoms with Crippen molar-refractivity contribution in [2.24, 2.45) is 5.16 Å². The summed E-state index contributed by atoms with van der Waals surface area (Å²) < 4.78 is 0.